The van der Waals surface area contributed by atoms with Gasteiger partial charge in [0.1, 0.15) is 0 Å². The maximum absolute atomic E-state index is 12.0. The summed E-state index contributed by atoms with van der Waals surface area (Å²) in [7, 11) is 0. The lowest BCUT2D eigenvalue weighted by Crippen LogP contribution is -2.45. The van der Waals surface area contributed by atoms with Gasteiger partial charge in [-0.05, 0) is 6.07 Å². The number of carbonyl (C=O) groups is 2. The van der Waals surface area contributed by atoms with Gasteiger partial charge in [0.25, 0.3) is 5.56 Å². The first-order chi connectivity index (χ1) is 11.6. The highest BCUT2D eigenvalue weighted by atomic mass is 16.3. The molecule has 4 N–H and O–H groups in total. The van der Waals surface area contributed by atoms with Crippen molar-refractivity contribution in [3.05, 3.63) is 40.3 Å². The van der Waals surface area contributed by atoms with Gasteiger partial charge in [0.05, 0.1) is 30.8 Å². The molecule has 0 spiro atoms. The van der Waals surface area contributed by atoms with Crippen molar-refractivity contribution < 1.29 is 19.8 Å². The molecule has 0 aliphatic carbocycles. The summed E-state index contributed by atoms with van der Waals surface area (Å²) in [6.45, 7) is -0.774. The number of aromatic amines is 1. The van der Waals surface area contributed by atoms with Gasteiger partial charge in [0.15, 0.2) is 0 Å². The molecule has 1 heterocycles. The fraction of sp³-hybridized carbons (Fsp3) is 0.333. The Morgan fingerprint density at radius 1 is 1.12 bits per heavy atom. The van der Waals surface area contributed by atoms with Crippen LogP contribution in [0.5, 0.6) is 0 Å². The summed E-state index contributed by atoms with van der Waals surface area (Å²) in [5, 5.41) is 27.5. The lowest BCUT2D eigenvalue weighted by atomic mass is 10.1. The average molecular weight is 334 g/mol. The third-order valence-electron chi connectivity index (χ3n) is 3.41. The largest absolute Gasteiger partial charge is 0.395 e. The van der Waals surface area contributed by atoms with Crippen molar-refractivity contribution in [2.24, 2.45) is 0 Å². The van der Waals surface area contributed by atoms with Gasteiger partial charge in [-0.1, -0.05) is 18.2 Å². The first-order valence-corrected chi connectivity index (χ1v) is 7.33. The van der Waals surface area contributed by atoms with E-state index in [-0.39, 0.29) is 38.4 Å². The monoisotopic (exact) mass is 334 g/mol. The van der Waals surface area contributed by atoms with E-state index in [1.165, 1.54) is 0 Å². The Morgan fingerprint density at radius 2 is 1.75 bits per heavy atom. The van der Waals surface area contributed by atoms with Crippen molar-refractivity contribution >= 4 is 22.6 Å². The Labute approximate surface area is 136 Å². The van der Waals surface area contributed by atoms with Crippen LogP contribution < -0.4 is 10.9 Å². The number of rotatable bonds is 6. The van der Waals surface area contributed by atoms with Gasteiger partial charge in [-0.15, -0.1) is 0 Å². The second-order valence-electron chi connectivity index (χ2n) is 4.97. The van der Waals surface area contributed by atoms with Crippen molar-refractivity contribution in [3.63, 3.8) is 0 Å². The van der Waals surface area contributed by atoms with Crippen molar-refractivity contribution in [2.75, 3.05) is 26.3 Å². The van der Waals surface area contributed by atoms with Gasteiger partial charge < -0.3 is 20.4 Å². The summed E-state index contributed by atoms with van der Waals surface area (Å²) >= 11 is 0. The third kappa shape index (κ3) is 3.94. The normalized spacial score (nSPS) is 10.6. The van der Waals surface area contributed by atoms with E-state index < -0.39 is 11.8 Å². The number of aliphatic hydroxyl groups excluding tert-OH is 2. The Morgan fingerprint density at radius 3 is 2.38 bits per heavy atom. The number of aromatic nitrogens is 2. The van der Waals surface area contributed by atoms with E-state index in [0.29, 0.717) is 16.5 Å². The van der Waals surface area contributed by atoms with Crippen LogP contribution in [0.1, 0.15) is 5.69 Å². The molecule has 0 saturated heterocycles. The quantitative estimate of drug-likeness (QED) is 0.468. The zero-order valence-corrected chi connectivity index (χ0v) is 12.9. The van der Waals surface area contributed by atoms with Gasteiger partial charge in [-0.2, -0.15) is 5.10 Å². The molecule has 0 aliphatic heterocycles. The number of hydrogen-bond acceptors (Lipinski definition) is 6. The van der Waals surface area contributed by atoms with Gasteiger partial charge in [-0.3, -0.25) is 14.4 Å². The summed E-state index contributed by atoms with van der Waals surface area (Å²) in [6.07, 6.45) is 0. The lowest BCUT2D eigenvalue weighted by molar-refractivity contribution is -0.146. The molecule has 9 heteroatoms. The number of amides is 2. The maximum Gasteiger partial charge on any atom is 0.312 e. The number of H-pyrrole nitrogens is 1. The molecule has 2 aromatic rings. The van der Waals surface area contributed by atoms with E-state index in [4.69, 9.17) is 10.2 Å². The number of hydrogen-bond donors (Lipinski definition) is 4. The van der Waals surface area contributed by atoms with E-state index in [1.54, 1.807) is 24.3 Å². The molecule has 1 aromatic heterocycles. The highest BCUT2D eigenvalue weighted by Gasteiger charge is 2.21. The first-order valence-electron chi connectivity index (χ1n) is 7.33. The minimum absolute atomic E-state index is 0.0477. The second kappa shape index (κ2) is 8.18. The minimum atomic E-state index is -0.881. The van der Waals surface area contributed by atoms with Crippen LogP contribution in [0, 0.1) is 0 Å². The van der Waals surface area contributed by atoms with Crippen LogP contribution in [0.25, 0.3) is 10.8 Å². The standard InChI is InChI=1S/C15H18N4O5/c20-7-5-19(6-8-21)15(24)14(23)16-9-12-10-3-1-2-4-11(10)13(22)18-17-12/h1-4,20-21H,5-9H2,(H,16,23)(H,18,22). The van der Waals surface area contributed by atoms with E-state index >= 15 is 0 Å². The van der Waals surface area contributed by atoms with Crippen LogP contribution in [0.3, 0.4) is 0 Å². The third-order valence-corrected chi connectivity index (χ3v) is 3.41. The summed E-state index contributed by atoms with van der Waals surface area (Å²) in [5.74, 6) is -1.74. The highest BCUT2D eigenvalue weighted by molar-refractivity contribution is 6.35. The number of fused-ring (bicyclic) bond motifs is 1. The Hall–Kier alpha value is -2.78. The van der Waals surface area contributed by atoms with E-state index in [2.05, 4.69) is 15.5 Å². The average Bonchev–Trinajstić information content (AvgIpc) is 2.60. The predicted molar refractivity (Wildman–Crippen MR) is 85.0 cm³/mol. The van der Waals surface area contributed by atoms with Crippen LogP contribution in [0.15, 0.2) is 29.1 Å². The number of carbonyl (C=O) groups excluding carboxylic acids is 2. The van der Waals surface area contributed by atoms with Crippen LogP contribution in [-0.4, -0.2) is 63.4 Å². The van der Waals surface area contributed by atoms with Gasteiger partial charge in [0.2, 0.25) is 0 Å². The fourth-order valence-corrected chi connectivity index (χ4v) is 2.25. The van der Waals surface area contributed by atoms with E-state index in [9.17, 15) is 14.4 Å². The van der Waals surface area contributed by atoms with Crippen LogP contribution in [0.2, 0.25) is 0 Å². The molecule has 2 rings (SSSR count). The molecule has 1 aromatic carbocycles. The Bertz CT molecular complexity index is 783. The van der Waals surface area contributed by atoms with E-state index in [1.807, 2.05) is 0 Å². The van der Waals surface area contributed by atoms with Crippen LogP contribution in [0.4, 0.5) is 0 Å². The van der Waals surface area contributed by atoms with E-state index in [0.717, 1.165) is 4.90 Å². The van der Waals surface area contributed by atoms with Crippen molar-refractivity contribution in [3.8, 4) is 0 Å². The van der Waals surface area contributed by atoms with Crippen LogP contribution in [-0.2, 0) is 16.1 Å². The summed E-state index contributed by atoms with van der Waals surface area (Å²) in [6, 6.07) is 6.79. The maximum atomic E-state index is 12.0. The summed E-state index contributed by atoms with van der Waals surface area (Å²) < 4.78 is 0. The molecule has 128 valence electrons. The molecule has 24 heavy (non-hydrogen) atoms. The molecule has 0 unspecified atom stereocenters. The Balaban J connectivity index is 2.10. The molecule has 0 fully saturated rings. The molecule has 0 aliphatic rings. The van der Waals surface area contributed by atoms with Gasteiger partial charge >= 0.3 is 11.8 Å². The summed E-state index contributed by atoms with van der Waals surface area (Å²) in [5.41, 5.74) is 0.0797. The number of nitrogens with one attached hydrogen (secondary N) is 2. The second-order valence-corrected chi connectivity index (χ2v) is 4.97. The SMILES string of the molecule is O=C(NCc1n[nH]c(=O)c2ccccc12)C(=O)N(CCO)CCO. The molecular formula is C15H18N4O5. The summed E-state index contributed by atoms with van der Waals surface area (Å²) in [4.78, 5) is 36.7. The predicted octanol–water partition coefficient (Wildman–Crippen LogP) is -1.65. The van der Waals surface area contributed by atoms with Gasteiger partial charge in [0, 0.05) is 18.5 Å². The molecule has 0 atom stereocenters. The minimum Gasteiger partial charge on any atom is -0.395 e. The fourth-order valence-electron chi connectivity index (χ4n) is 2.25. The molecule has 2 amide bonds. The topological polar surface area (TPSA) is 136 Å². The number of nitrogens with zero attached hydrogens (tertiary/aromatic N) is 2. The van der Waals surface area contributed by atoms with Crippen molar-refractivity contribution in [1.29, 1.82) is 0 Å². The first kappa shape index (κ1) is 17.6. The zero-order chi connectivity index (χ0) is 17.5. The van der Waals surface area contributed by atoms with Crippen molar-refractivity contribution in [2.45, 2.75) is 6.54 Å². The highest BCUT2D eigenvalue weighted by Crippen LogP contribution is 2.11. The Kier molecular flexibility index (Phi) is 5.99. The molecular weight excluding hydrogens is 316 g/mol. The number of benzene rings is 1. The molecule has 0 bridgehead atoms. The molecule has 0 radical (unpaired) electrons. The lowest BCUT2D eigenvalue weighted by Gasteiger charge is -2.19. The molecule has 9 nitrogen and oxygen atoms in total. The van der Waals surface area contributed by atoms with Crippen molar-refractivity contribution in [1.82, 2.24) is 20.4 Å². The zero-order valence-electron chi connectivity index (χ0n) is 12.9. The molecule has 0 saturated carbocycles. The smallest absolute Gasteiger partial charge is 0.312 e. The van der Waals surface area contributed by atoms with Gasteiger partial charge in [-0.25, -0.2) is 5.10 Å². The van der Waals surface area contributed by atoms with Crippen LogP contribution >= 0.6 is 0 Å². The number of aliphatic hydroxyl groups is 2.